The van der Waals surface area contributed by atoms with Gasteiger partial charge in [-0.25, -0.2) is 5.84 Å². The van der Waals surface area contributed by atoms with Gasteiger partial charge in [-0.05, 0) is 45.1 Å². The van der Waals surface area contributed by atoms with Crippen molar-refractivity contribution >= 4 is 11.7 Å². The summed E-state index contributed by atoms with van der Waals surface area (Å²) in [5, 5.41) is 7.70. The van der Waals surface area contributed by atoms with Gasteiger partial charge >= 0.3 is 0 Å². The van der Waals surface area contributed by atoms with Crippen molar-refractivity contribution in [1.29, 1.82) is 0 Å². The average molecular weight is 264 g/mol. The van der Waals surface area contributed by atoms with Crippen molar-refractivity contribution in [2.45, 2.75) is 18.9 Å². The highest BCUT2D eigenvalue weighted by atomic mass is 16.2. The molecule has 0 radical (unpaired) electrons. The van der Waals surface area contributed by atoms with Crippen LogP contribution in [0.4, 0.5) is 5.82 Å². The number of hydrazine groups is 1. The number of nitrogens with two attached hydrogens (primary N) is 1. The minimum Gasteiger partial charge on any atom is -0.337 e. The van der Waals surface area contributed by atoms with E-state index in [9.17, 15) is 4.79 Å². The Labute approximate surface area is 112 Å². The zero-order valence-electron chi connectivity index (χ0n) is 11.3. The lowest BCUT2D eigenvalue weighted by atomic mass is 10.0. The van der Waals surface area contributed by atoms with Crippen molar-refractivity contribution in [3.63, 3.8) is 0 Å². The predicted octanol–water partition coefficient (Wildman–Crippen LogP) is -0.0716. The van der Waals surface area contributed by atoms with Crippen LogP contribution >= 0.6 is 0 Å². The Morgan fingerprint density at radius 2 is 2.11 bits per heavy atom. The number of nitrogens with one attached hydrogen (secondary N) is 1. The summed E-state index contributed by atoms with van der Waals surface area (Å²) < 4.78 is 0. The first kappa shape index (κ1) is 13.7. The molecular formula is C12H20N6O. The third-order valence-electron chi connectivity index (χ3n) is 3.59. The van der Waals surface area contributed by atoms with Gasteiger partial charge in [-0.3, -0.25) is 4.79 Å². The van der Waals surface area contributed by atoms with E-state index in [1.807, 2.05) is 7.05 Å². The minimum absolute atomic E-state index is 0.0920. The lowest BCUT2D eigenvalue weighted by molar-refractivity contribution is 0.0652. The maximum absolute atomic E-state index is 12.3. The van der Waals surface area contributed by atoms with Crippen LogP contribution in [0.2, 0.25) is 0 Å². The topological polar surface area (TPSA) is 87.4 Å². The minimum atomic E-state index is -0.0920. The fraction of sp³-hybridized carbons (Fsp3) is 0.583. The molecule has 1 aliphatic rings. The van der Waals surface area contributed by atoms with Crippen molar-refractivity contribution in [2.75, 3.05) is 32.6 Å². The Balaban J connectivity index is 2.01. The molecule has 0 spiro atoms. The van der Waals surface area contributed by atoms with E-state index in [1.165, 1.54) is 0 Å². The molecule has 7 nitrogen and oxygen atoms in total. The van der Waals surface area contributed by atoms with Gasteiger partial charge in [0.25, 0.3) is 5.91 Å². The van der Waals surface area contributed by atoms with E-state index >= 15 is 0 Å². The monoisotopic (exact) mass is 264 g/mol. The van der Waals surface area contributed by atoms with Gasteiger partial charge in [0, 0.05) is 13.1 Å². The molecule has 104 valence electrons. The third kappa shape index (κ3) is 3.18. The van der Waals surface area contributed by atoms with Gasteiger partial charge in [-0.1, -0.05) is 0 Å². The number of carbonyl (C=O) groups excluding carboxylic acids is 1. The van der Waals surface area contributed by atoms with Crippen LogP contribution in [0.3, 0.4) is 0 Å². The fourth-order valence-corrected chi connectivity index (χ4v) is 2.25. The fourth-order valence-electron chi connectivity index (χ4n) is 2.25. The molecule has 19 heavy (non-hydrogen) atoms. The molecule has 1 aliphatic heterocycles. The second kappa shape index (κ2) is 5.94. The maximum atomic E-state index is 12.3. The Bertz CT molecular complexity index is 426. The molecule has 0 saturated carbocycles. The van der Waals surface area contributed by atoms with E-state index in [0.29, 0.717) is 11.5 Å². The Morgan fingerprint density at radius 1 is 1.42 bits per heavy atom. The van der Waals surface area contributed by atoms with Gasteiger partial charge in [-0.15, -0.1) is 10.2 Å². The molecule has 1 amide bonds. The third-order valence-corrected chi connectivity index (χ3v) is 3.59. The summed E-state index contributed by atoms with van der Waals surface area (Å²) in [5.74, 6) is 5.56. The summed E-state index contributed by atoms with van der Waals surface area (Å²) in [6, 6.07) is 3.55. The van der Waals surface area contributed by atoms with Crippen molar-refractivity contribution in [3.05, 3.63) is 17.8 Å². The summed E-state index contributed by atoms with van der Waals surface area (Å²) in [7, 11) is 3.93. The van der Waals surface area contributed by atoms with Crippen LogP contribution in [0.15, 0.2) is 12.1 Å². The van der Waals surface area contributed by atoms with Gasteiger partial charge in [-0.2, -0.15) is 0 Å². The van der Waals surface area contributed by atoms with E-state index in [-0.39, 0.29) is 11.9 Å². The number of hydrogen-bond acceptors (Lipinski definition) is 6. The molecule has 0 aromatic carbocycles. The quantitative estimate of drug-likeness (QED) is 0.587. The summed E-state index contributed by atoms with van der Waals surface area (Å²) in [5.41, 5.74) is 2.73. The second-order valence-corrected chi connectivity index (χ2v) is 4.90. The number of carbonyl (C=O) groups is 1. The van der Waals surface area contributed by atoms with Crippen molar-refractivity contribution in [1.82, 2.24) is 20.0 Å². The molecule has 0 unspecified atom stereocenters. The summed E-state index contributed by atoms with van der Waals surface area (Å²) >= 11 is 0. The van der Waals surface area contributed by atoms with Gasteiger partial charge < -0.3 is 15.2 Å². The van der Waals surface area contributed by atoms with Gasteiger partial charge in [0.1, 0.15) is 0 Å². The predicted molar refractivity (Wildman–Crippen MR) is 72.5 cm³/mol. The molecule has 1 aromatic rings. The van der Waals surface area contributed by atoms with Crippen molar-refractivity contribution < 1.29 is 4.79 Å². The maximum Gasteiger partial charge on any atom is 0.274 e. The van der Waals surface area contributed by atoms with E-state index in [2.05, 4.69) is 27.6 Å². The van der Waals surface area contributed by atoms with Crippen LogP contribution in [0.25, 0.3) is 0 Å². The number of nitrogens with zero attached hydrogens (tertiary/aromatic N) is 4. The van der Waals surface area contributed by atoms with E-state index in [1.54, 1.807) is 17.0 Å². The Kier molecular flexibility index (Phi) is 4.28. The molecule has 3 N–H and O–H groups in total. The lowest BCUT2D eigenvalue weighted by Crippen LogP contribution is -2.44. The lowest BCUT2D eigenvalue weighted by Gasteiger charge is -2.34. The Hall–Kier alpha value is -1.73. The first-order valence-electron chi connectivity index (χ1n) is 6.38. The van der Waals surface area contributed by atoms with Crippen LogP contribution < -0.4 is 11.3 Å². The highest BCUT2D eigenvalue weighted by molar-refractivity contribution is 5.92. The van der Waals surface area contributed by atoms with Crippen LogP contribution in [0, 0.1) is 0 Å². The highest BCUT2D eigenvalue weighted by Gasteiger charge is 2.25. The van der Waals surface area contributed by atoms with Gasteiger partial charge in [0.15, 0.2) is 11.5 Å². The molecule has 0 atom stereocenters. The molecule has 0 aliphatic carbocycles. The molecular weight excluding hydrogens is 244 g/mol. The molecule has 0 bridgehead atoms. The summed E-state index contributed by atoms with van der Waals surface area (Å²) in [6.45, 7) is 2.04. The number of likely N-dealkylation sites (tertiary alicyclic amines) is 1. The number of amides is 1. The average Bonchev–Trinajstić information content (AvgIpc) is 2.46. The normalized spacial score (nSPS) is 17.2. The van der Waals surface area contributed by atoms with Gasteiger partial charge in [0.2, 0.25) is 0 Å². The first-order chi connectivity index (χ1) is 9.11. The number of anilines is 1. The van der Waals surface area contributed by atoms with Crippen LogP contribution in [0.1, 0.15) is 23.3 Å². The number of hydrogen-bond donors (Lipinski definition) is 2. The summed E-state index contributed by atoms with van der Waals surface area (Å²) in [6.07, 6.45) is 1.99. The Morgan fingerprint density at radius 3 is 2.63 bits per heavy atom. The zero-order chi connectivity index (χ0) is 13.8. The van der Waals surface area contributed by atoms with Crippen molar-refractivity contribution in [2.24, 2.45) is 5.84 Å². The SMILES string of the molecule is CN1CCC(N(C)C(=O)c2ccc(NN)nn2)CC1. The van der Waals surface area contributed by atoms with Crippen LogP contribution in [0.5, 0.6) is 0 Å². The zero-order valence-corrected chi connectivity index (χ0v) is 11.3. The van der Waals surface area contributed by atoms with Gasteiger partial charge in [0.05, 0.1) is 0 Å². The number of rotatable bonds is 3. The van der Waals surface area contributed by atoms with Crippen LogP contribution in [-0.2, 0) is 0 Å². The van der Waals surface area contributed by atoms with Crippen LogP contribution in [-0.4, -0.2) is 59.1 Å². The van der Waals surface area contributed by atoms with E-state index < -0.39 is 0 Å². The molecule has 7 heteroatoms. The number of nitrogen functional groups attached to an aromatic ring is 1. The second-order valence-electron chi connectivity index (χ2n) is 4.90. The number of aromatic nitrogens is 2. The standard InChI is InChI=1S/C12H20N6O/c1-17-7-5-9(6-8-17)18(2)12(19)10-3-4-11(14-13)16-15-10/h3-4,9H,5-8,13H2,1-2H3,(H,14,16). The molecule has 1 fully saturated rings. The van der Waals surface area contributed by atoms with E-state index in [4.69, 9.17) is 5.84 Å². The number of piperidine rings is 1. The summed E-state index contributed by atoms with van der Waals surface area (Å²) in [4.78, 5) is 16.3. The largest absolute Gasteiger partial charge is 0.337 e. The first-order valence-corrected chi connectivity index (χ1v) is 6.38. The highest BCUT2D eigenvalue weighted by Crippen LogP contribution is 2.16. The van der Waals surface area contributed by atoms with Crippen molar-refractivity contribution in [3.8, 4) is 0 Å². The molecule has 2 rings (SSSR count). The smallest absolute Gasteiger partial charge is 0.274 e. The van der Waals surface area contributed by atoms with E-state index in [0.717, 1.165) is 25.9 Å². The molecule has 2 heterocycles. The molecule has 1 saturated heterocycles. The molecule has 1 aromatic heterocycles.